The molecule has 84 valence electrons. The van der Waals surface area contributed by atoms with E-state index in [0.29, 0.717) is 18.0 Å². The van der Waals surface area contributed by atoms with Crippen molar-refractivity contribution >= 4 is 17.0 Å². The van der Waals surface area contributed by atoms with Gasteiger partial charge in [0, 0.05) is 28.9 Å². The summed E-state index contributed by atoms with van der Waals surface area (Å²) in [4.78, 5) is 11.4. The average Bonchev–Trinajstić information content (AvgIpc) is 2.67. The standard InChI is InChI=1S/C11H12N2O2S/c1-15-10-6-9(12)3-2-8(10)7-13-4-5-16-11(13)14/h2-6H,7,12H2,1H3. The van der Waals surface area contributed by atoms with Crippen LogP contribution in [0.3, 0.4) is 0 Å². The maximum absolute atomic E-state index is 11.4. The van der Waals surface area contributed by atoms with E-state index < -0.39 is 0 Å². The Bertz CT molecular complexity index is 545. The molecule has 16 heavy (non-hydrogen) atoms. The van der Waals surface area contributed by atoms with E-state index in [1.165, 1.54) is 11.3 Å². The van der Waals surface area contributed by atoms with Crippen molar-refractivity contribution in [2.24, 2.45) is 0 Å². The fourth-order valence-electron chi connectivity index (χ4n) is 1.48. The van der Waals surface area contributed by atoms with E-state index in [1.807, 2.05) is 6.07 Å². The molecule has 0 aliphatic heterocycles. The lowest BCUT2D eigenvalue weighted by molar-refractivity contribution is 0.408. The highest BCUT2D eigenvalue weighted by atomic mass is 32.1. The average molecular weight is 236 g/mol. The third kappa shape index (κ3) is 2.09. The smallest absolute Gasteiger partial charge is 0.307 e. The molecule has 0 aliphatic carbocycles. The molecular weight excluding hydrogens is 224 g/mol. The number of anilines is 1. The van der Waals surface area contributed by atoms with Crippen LogP contribution >= 0.6 is 11.3 Å². The number of methoxy groups -OCH3 is 1. The highest BCUT2D eigenvalue weighted by Gasteiger charge is 2.05. The van der Waals surface area contributed by atoms with Crippen LogP contribution < -0.4 is 15.3 Å². The Hall–Kier alpha value is -1.75. The van der Waals surface area contributed by atoms with Crippen LogP contribution in [-0.2, 0) is 6.54 Å². The van der Waals surface area contributed by atoms with Gasteiger partial charge in [-0.3, -0.25) is 4.79 Å². The van der Waals surface area contributed by atoms with Crippen LogP contribution in [-0.4, -0.2) is 11.7 Å². The molecule has 1 heterocycles. The molecule has 0 atom stereocenters. The number of nitrogen functional groups attached to an aromatic ring is 1. The van der Waals surface area contributed by atoms with E-state index in [1.54, 1.807) is 35.4 Å². The summed E-state index contributed by atoms with van der Waals surface area (Å²) in [6, 6.07) is 5.43. The van der Waals surface area contributed by atoms with Gasteiger partial charge in [0.15, 0.2) is 0 Å². The molecule has 0 aliphatic rings. The van der Waals surface area contributed by atoms with Gasteiger partial charge in [0.2, 0.25) is 0 Å². The Labute approximate surface area is 96.9 Å². The maximum atomic E-state index is 11.4. The summed E-state index contributed by atoms with van der Waals surface area (Å²) in [6.45, 7) is 0.506. The number of nitrogens with zero attached hydrogens (tertiary/aromatic N) is 1. The molecule has 2 rings (SSSR count). The fraction of sp³-hybridized carbons (Fsp3) is 0.182. The van der Waals surface area contributed by atoms with E-state index in [4.69, 9.17) is 10.5 Å². The molecule has 1 aromatic heterocycles. The van der Waals surface area contributed by atoms with Crippen LogP contribution in [0.25, 0.3) is 0 Å². The lowest BCUT2D eigenvalue weighted by atomic mass is 10.2. The first-order valence-electron chi connectivity index (χ1n) is 4.77. The zero-order chi connectivity index (χ0) is 11.5. The number of ether oxygens (including phenoxy) is 1. The molecule has 0 bridgehead atoms. The van der Waals surface area contributed by atoms with E-state index in [0.717, 1.165) is 5.56 Å². The van der Waals surface area contributed by atoms with Gasteiger partial charge in [-0.1, -0.05) is 17.4 Å². The predicted octanol–water partition coefficient (Wildman–Crippen LogP) is 1.55. The minimum absolute atomic E-state index is 0.0267. The Morgan fingerprint density at radius 1 is 1.50 bits per heavy atom. The second kappa shape index (κ2) is 4.40. The van der Waals surface area contributed by atoms with Gasteiger partial charge in [-0.05, 0) is 6.07 Å². The number of aromatic nitrogens is 1. The molecule has 0 spiro atoms. The first-order valence-corrected chi connectivity index (χ1v) is 5.65. The molecule has 0 unspecified atom stereocenters. The minimum Gasteiger partial charge on any atom is -0.496 e. The van der Waals surface area contributed by atoms with Crippen LogP contribution in [0.5, 0.6) is 5.75 Å². The predicted molar refractivity (Wildman–Crippen MR) is 65.1 cm³/mol. The van der Waals surface area contributed by atoms with Gasteiger partial charge >= 0.3 is 4.87 Å². The molecule has 0 saturated carbocycles. The Kier molecular flexibility index (Phi) is 2.96. The summed E-state index contributed by atoms with van der Waals surface area (Å²) >= 11 is 1.18. The van der Waals surface area contributed by atoms with Gasteiger partial charge < -0.3 is 15.0 Å². The lowest BCUT2D eigenvalue weighted by Crippen LogP contribution is -2.13. The number of benzene rings is 1. The zero-order valence-electron chi connectivity index (χ0n) is 8.84. The molecule has 0 fully saturated rings. The quantitative estimate of drug-likeness (QED) is 0.822. The first kappa shape index (κ1) is 10.8. The highest BCUT2D eigenvalue weighted by molar-refractivity contribution is 7.07. The van der Waals surface area contributed by atoms with E-state index in [2.05, 4.69) is 0 Å². The molecule has 2 aromatic rings. The molecule has 4 nitrogen and oxygen atoms in total. The molecule has 0 radical (unpaired) electrons. The third-order valence-electron chi connectivity index (χ3n) is 2.30. The van der Waals surface area contributed by atoms with E-state index >= 15 is 0 Å². The van der Waals surface area contributed by atoms with Crippen LogP contribution in [0.1, 0.15) is 5.56 Å². The topological polar surface area (TPSA) is 57.2 Å². The van der Waals surface area contributed by atoms with Crippen LogP contribution in [0.4, 0.5) is 5.69 Å². The SMILES string of the molecule is COc1cc(N)ccc1Cn1ccsc1=O. The van der Waals surface area contributed by atoms with Gasteiger partial charge in [0.1, 0.15) is 5.75 Å². The van der Waals surface area contributed by atoms with Crippen LogP contribution in [0.15, 0.2) is 34.6 Å². The van der Waals surface area contributed by atoms with E-state index in [-0.39, 0.29) is 4.87 Å². The van der Waals surface area contributed by atoms with Gasteiger partial charge in [0.05, 0.1) is 13.7 Å². The van der Waals surface area contributed by atoms with E-state index in [9.17, 15) is 4.79 Å². The van der Waals surface area contributed by atoms with Crippen molar-refractivity contribution in [1.29, 1.82) is 0 Å². The Morgan fingerprint density at radius 3 is 2.94 bits per heavy atom. The van der Waals surface area contributed by atoms with Gasteiger partial charge in [-0.2, -0.15) is 0 Å². The molecule has 0 saturated heterocycles. The summed E-state index contributed by atoms with van der Waals surface area (Å²) < 4.78 is 6.86. The van der Waals surface area contributed by atoms with Gasteiger partial charge in [0.25, 0.3) is 0 Å². The van der Waals surface area contributed by atoms with Gasteiger partial charge in [-0.15, -0.1) is 0 Å². The number of rotatable bonds is 3. The lowest BCUT2D eigenvalue weighted by Gasteiger charge is -2.09. The highest BCUT2D eigenvalue weighted by Crippen LogP contribution is 2.22. The summed E-state index contributed by atoms with van der Waals surface area (Å²) in [5, 5.41) is 1.77. The van der Waals surface area contributed by atoms with Crippen LogP contribution in [0.2, 0.25) is 0 Å². The monoisotopic (exact) mass is 236 g/mol. The van der Waals surface area contributed by atoms with Crippen molar-refractivity contribution in [2.75, 3.05) is 12.8 Å². The second-order valence-electron chi connectivity index (χ2n) is 3.37. The summed E-state index contributed by atoms with van der Waals surface area (Å²) in [7, 11) is 1.59. The van der Waals surface area contributed by atoms with Crippen molar-refractivity contribution in [3.8, 4) is 5.75 Å². The number of nitrogens with two attached hydrogens (primary N) is 1. The summed E-state index contributed by atoms with van der Waals surface area (Å²) in [5.41, 5.74) is 7.25. The second-order valence-corrected chi connectivity index (χ2v) is 4.23. The van der Waals surface area contributed by atoms with Crippen LogP contribution in [0, 0.1) is 0 Å². The molecule has 2 N–H and O–H groups in total. The number of thiazole rings is 1. The van der Waals surface area contributed by atoms with Crippen molar-refractivity contribution in [1.82, 2.24) is 4.57 Å². The van der Waals surface area contributed by atoms with Crippen molar-refractivity contribution in [3.05, 3.63) is 45.0 Å². The van der Waals surface area contributed by atoms with Crippen molar-refractivity contribution < 1.29 is 4.74 Å². The minimum atomic E-state index is 0.0267. The third-order valence-corrected chi connectivity index (χ3v) is 2.99. The zero-order valence-corrected chi connectivity index (χ0v) is 9.66. The molecular formula is C11H12N2O2S. The van der Waals surface area contributed by atoms with Crippen molar-refractivity contribution in [2.45, 2.75) is 6.54 Å². The van der Waals surface area contributed by atoms with Crippen molar-refractivity contribution in [3.63, 3.8) is 0 Å². The maximum Gasteiger partial charge on any atom is 0.307 e. The van der Waals surface area contributed by atoms with Gasteiger partial charge in [-0.25, -0.2) is 0 Å². The Morgan fingerprint density at radius 2 is 2.31 bits per heavy atom. The molecule has 5 heteroatoms. The number of hydrogen-bond acceptors (Lipinski definition) is 4. The first-order chi connectivity index (χ1) is 7.70. The molecule has 1 aromatic carbocycles. The molecule has 0 amide bonds. The number of hydrogen-bond donors (Lipinski definition) is 1. The summed E-state index contributed by atoms with van der Waals surface area (Å²) in [5.74, 6) is 0.707. The fourth-order valence-corrected chi connectivity index (χ4v) is 2.07. The largest absolute Gasteiger partial charge is 0.496 e. The normalized spacial score (nSPS) is 10.3. The summed E-state index contributed by atoms with van der Waals surface area (Å²) in [6.07, 6.45) is 1.77. The Balaban J connectivity index is 2.35.